The molecule has 2 aromatic carbocycles. The molecule has 0 radical (unpaired) electrons. The van der Waals surface area contributed by atoms with E-state index >= 15 is 0 Å². The molecule has 0 fully saturated rings. The summed E-state index contributed by atoms with van der Waals surface area (Å²) in [5, 5.41) is 0. The van der Waals surface area contributed by atoms with Gasteiger partial charge in [0.15, 0.2) is 4.34 Å². The Morgan fingerprint density at radius 2 is 1.82 bits per heavy atom. The predicted octanol–water partition coefficient (Wildman–Crippen LogP) is 5.47. The molecule has 22 heavy (non-hydrogen) atoms. The molecule has 0 aliphatic rings. The van der Waals surface area contributed by atoms with Gasteiger partial charge in [0, 0.05) is 11.4 Å². The minimum absolute atomic E-state index is 0.207. The zero-order valence-corrected chi connectivity index (χ0v) is 14.7. The molecule has 0 atom stereocenters. The Morgan fingerprint density at radius 1 is 1.09 bits per heavy atom. The first kappa shape index (κ1) is 15.4. The quantitative estimate of drug-likeness (QED) is 0.512. The molecule has 0 aliphatic heterocycles. The fourth-order valence-corrected chi connectivity index (χ4v) is 4.30. The van der Waals surface area contributed by atoms with Gasteiger partial charge in [-0.2, -0.15) is 0 Å². The molecular formula is C18H20N2S2. The maximum absolute atomic E-state index is 5.82. The van der Waals surface area contributed by atoms with Gasteiger partial charge in [0.05, 0.1) is 10.2 Å². The minimum Gasteiger partial charge on any atom is -0.399 e. The molecule has 4 heteroatoms. The number of nitrogens with two attached hydrogens (primary N) is 1. The van der Waals surface area contributed by atoms with Crippen molar-refractivity contribution in [2.24, 2.45) is 0 Å². The first-order chi connectivity index (χ1) is 10.4. The standard InChI is InChI=1S/C18H20N2S2/c1-18(2,3)13-6-4-12(5-7-13)11-21-17-20-15-9-8-14(19)10-16(15)22-17/h4-10H,11,19H2,1-3H3. The molecule has 0 saturated heterocycles. The van der Waals surface area contributed by atoms with Gasteiger partial charge in [0.2, 0.25) is 0 Å². The largest absolute Gasteiger partial charge is 0.399 e. The Kier molecular flexibility index (Phi) is 4.15. The van der Waals surface area contributed by atoms with Crippen molar-refractivity contribution >= 4 is 39.0 Å². The van der Waals surface area contributed by atoms with Crippen LogP contribution < -0.4 is 5.73 Å². The van der Waals surface area contributed by atoms with Gasteiger partial charge in [-0.15, -0.1) is 11.3 Å². The van der Waals surface area contributed by atoms with E-state index in [4.69, 9.17) is 5.73 Å². The van der Waals surface area contributed by atoms with Crippen molar-refractivity contribution in [3.8, 4) is 0 Å². The van der Waals surface area contributed by atoms with Crippen molar-refractivity contribution in [2.75, 3.05) is 5.73 Å². The number of rotatable bonds is 3. The van der Waals surface area contributed by atoms with Crippen LogP contribution in [0.15, 0.2) is 46.8 Å². The number of thioether (sulfide) groups is 1. The van der Waals surface area contributed by atoms with Crippen LogP contribution in [0.2, 0.25) is 0 Å². The molecule has 0 bridgehead atoms. The molecule has 1 aromatic heterocycles. The van der Waals surface area contributed by atoms with Crippen LogP contribution in [0.5, 0.6) is 0 Å². The molecule has 3 rings (SSSR count). The summed E-state index contributed by atoms with van der Waals surface area (Å²) in [7, 11) is 0. The van der Waals surface area contributed by atoms with E-state index in [0.717, 1.165) is 26.0 Å². The molecule has 0 amide bonds. The van der Waals surface area contributed by atoms with Gasteiger partial charge in [-0.05, 0) is 34.7 Å². The van der Waals surface area contributed by atoms with Gasteiger partial charge >= 0.3 is 0 Å². The highest BCUT2D eigenvalue weighted by atomic mass is 32.2. The monoisotopic (exact) mass is 328 g/mol. The van der Waals surface area contributed by atoms with Crippen LogP contribution in [-0.4, -0.2) is 4.98 Å². The number of nitrogens with zero attached hydrogens (tertiary/aromatic N) is 1. The average molecular weight is 329 g/mol. The van der Waals surface area contributed by atoms with Crippen molar-refractivity contribution in [3.05, 3.63) is 53.6 Å². The number of hydrogen-bond donors (Lipinski definition) is 1. The van der Waals surface area contributed by atoms with Crippen LogP contribution in [0, 0.1) is 0 Å². The lowest BCUT2D eigenvalue weighted by Crippen LogP contribution is -2.10. The molecule has 0 aliphatic carbocycles. The summed E-state index contributed by atoms with van der Waals surface area (Å²) in [5.74, 6) is 0.944. The predicted molar refractivity (Wildman–Crippen MR) is 98.7 cm³/mol. The summed E-state index contributed by atoms with van der Waals surface area (Å²) in [4.78, 5) is 4.65. The SMILES string of the molecule is CC(C)(C)c1ccc(CSc2nc3ccc(N)cc3s2)cc1. The molecule has 1 heterocycles. The maximum Gasteiger partial charge on any atom is 0.151 e. The normalized spacial score (nSPS) is 12.0. The molecule has 0 spiro atoms. The molecule has 114 valence electrons. The number of anilines is 1. The number of benzene rings is 2. The summed E-state index contributed by atoms with van der Waals surface area (Å²) >= 11 is 3.50. The third-order valence-corrected chi connectivity index (χ3v) is 5.81. The average Bonchev–Trinajstić information content (AvgIpc) is 2.86. The van der Waals surface area contributed by atoms with Crippen molar-refractivity contribution < 1.29 is 0 Å². The lowest BCUT2D eigenvalue weighted by Gasteiger charge is -2.19. The fourth-order valence-electron chi connectivity index (χ4n) is 2.23. The van der Waals surface area contributed by atoms with Crippen molar-refractivity contribution in [2.45, 2.75) is 36.3 Å². The fraction of sp³-hybridized carbons (Fsp3) is 0.278. The number of thiazole rings is 1. The van der Waals surface area contributed by atoms with Crippen LogP contribution >= 0.6 is 23.1 Å². The third-order valence-electron chi connectivity index (χ3n) is 3.58. The summed E-state index contributed by atoms with van der Waals surface area (Å²) in [6.07, 6.45) is 0. The second kappa shape index (κ2) is 5.94. The van der Waals surface area contributed by atoms with Crippen LogP contribution in [0.1, 0.15) is 31.9 Å². The summed E-state index contributed by atoms with van der Waals surface area (Å²) in [6, 6.07) is 14.8. The molecule has 0 saturated carbocycles. The van der Waals surface area contributed by atoms with E-state index in [-0.39, 0.29) is 5.41 Å². The highest BCUT2D eigenvalue weighted by molar-refractivity contribution is 8.00. The van der Waals surface area contributed by atoms with Crippen LogP contribution in [-0.2, 0) is 11.2 Å². The number of nitrogen functional groups attached to an aromatic ring is 1. The summed E-state index contributed by atoms with van der Waals surface area (Å²) < 4.78 is 2.26. The van der Waals surface area contributed by atoms with Gasteiger partial charge in [0.25, 0.3) is 0 Å². The van der Waals surface area contributed by atoms with Crippen molar-refractivity contribution in [1.82, 2.24) is 4.98 Å². The first-order valence-corrected chi connectivity index (χ1v) is 9.10. The van der Waals surface area contributed by atoms with Gasteiger partial charge in [-0.1, -0.05) is 56.8 Å². The Bertz CT molecular complexity index is 783. The highest BCUT2D eigenvalue weighted by Crippen LogP contribution is 2.32. The first-order valence-electron chi connectivity index (χ1n) is 7.30. The molecule has 3 aromatic rings. The maximum atomic E-state index is 5.82. The van der Waals surface area contributed by atoms with E-state index in [1.807, 2.05) is 18.2 Å². The van der Waals surface area contributed by atoms with E-state index in [2.05, 4.69) is 50.0 Å². The lowest BCUT2D eigenvalue weighted by molar-refractivity contribution is 0.590. The molecule has 2 N–H and O–H groups in total. The Morgan fingerprint density at radius 3 is 2.50 bits per heavy atom. The Balaban J connectivity index is 1.71. The minimum atomic E-state index is 0.207. The Labute approximate surface area is 139 Å². The summed E-state index contributed by atoms with van der Waals surface area (Å²) in [6.45, 7) is 6.72. The second-order valence-corrected chi connectivity index (χ2v) is 8.70. The highest BCUT2D eigenvalue weighted by Gasteiger charge is 2.13. The van der Waals surface area contributed by atoms with E-state index in [0.29, 0.717) is 0 Å². The zero-order chi connectivity index (χ0) is 15.7. The zero-order valence-electron chi connectivity index (χ0n) is 13.1. The molecular weight excluding hydrogens is 308 g/mol. The van der Waals surface area contributed by atoms with E-state index in [9.17, 15) is 0 Å². The van der Waals surface area contributed by atoms with Crippen LogP contribution in [0.25, 0.3) is 10.2 Å². The molecule has 0 unspecified atom stereocenters. The smallest absolute Gasteiger partial charge is 0.151 e. The second-order valence-electron chi connectivity index (χ2n) is 6.44. The summed E-state index contributed by atoms with van der Waals surface area (Å²) in [5.41, 5.74) is 10.6. The lowest BCUT2D eigenvalue weighted by atomic mass is 9.87. The van der Waals surface area contributed by atoms with E-state index in [1.54, 1.807) is 23.1 Å². The molecule has 2 nitrogen and oxygen atoms in total. The number of aromatic nitrogens is 1. The van der Waals surface area contributed by atoms with Gasteiger partial charge in [-0.25, -0.2) is 4.98 Å². The van der Waals surface area contributed by atoms with Crippen LogP contribution in [0.3, 0.4) is 0 Å². The topological polar surface area (TPSA) is 38.9 Å². The van der Waals surface area contributed by atoms with Crippen molar-refractivity contribution in [3.63, 3.8) is 0 Å². The van der Waals surface area contributed by atoms with Gasteiger partial charge < -0.3 is 5.73 Å². The van der Waals surface area contributed by atoms with Gasteiger partial charge in [-0.3, -0.25) is 0 Å². The third kappa shape index (κ3) is 3.45. The van der Waals surface area contributed by atoms with Gasteiger partial charge in [0.1, 0.15) is 0 Å². The van der Waals surface area contributed by atoms with E-state index < -0.39 is 0 Å². The Hall–Kier alpha value is -1.52. The van der Waals surface area contributed by atoms with Crippen molar-refractivity contribution in [1.29, 1.82) is 0 Å². The number of hydrogen-bond acceptors (Lipinski definition) is 4. The number of fused-ring (bicyclic) bond motifs is 1. The van der Waals surface area contributed by atoms with Crippen LogP contribution in [0.4, 0.5) is 5.69 Å². The van der Waals surface area contributed by atoms with E-state index in [1.165, 1.54) is 11.1 Å².